The van der Waals surface area contributed by atoms with Crippen molar-refractivity contribution in [2.75, 3.05) is 0 Å². The molecule has 0 spiro atoms. The normalized spacial score (nSPS) is 19.8. The first-order chi connectivity index (χ1) is 7.75. The van der Waals surface area contributed by atoms with E-state index in [0.717, 1.165) is 5.56 Å². The quantitative estimate of drug-likeness (QED) is 0.793. The molecule has 16 heavy (non-hydrogen) atoms. The summed E-state index contributed by atoms with van der Waals surface area (Å²) >= 11 is 0. The van der Waals surface area contributed by atoms with Gasteiger partial charge in [0.15, 0.2) is 5.78 Å². The molecule has 1 aliphatic carbocycles. The molecular weight excluding hydrogens is 206 g/mol. The Morgan fingerprint density at radius 1 is 1.31 bits per heavy atom. The van der Waals surface area contributed by atoms with E-state index in [4.69, 9.17) is 14.6 Å². The Balaban J connectivity index is 2.14. The lowest BCUT2D eigenvalue weighted by atomic mass is 9.90. The highest BCUT2D eigenvalue weighted by molar-refractivity contribution is 6.03. The molecule has 0 aliphatic heterocycles. The van der Waals surface area contributed by atoms with Crippen LogP contribution in [0.4, 0.5) is 0 Å². The maximum absolute atomic E-state index is 11.9. The van der Waals surface area contributed by atoms with Crippen LogP contribution in [-0.4, -0.2) is 11.8 Å². The molecule has 2 aromatic rings. The lowest BCUT2D eigenvalue weighted by molar-refractivity contribution is 0.0962. The molecule has 1 atom stereocenters. The largest absolute Gasteiger partial charge is 0.468 e. The summed E-state index contributed by atoms with van der Waals surface area (Å²) in [6.07, 6.45) is 4.13. The van der Waals surface area contributed by atoms with Gasteiger partial charge >= 0.3 is 0 Å². The van der Waals surface area contributed by atoms with E-state index in [1.165, 1.54) is 0 Å². The van der Waals surface area contributed by atoms with Crippen LogP contribution in [0.5, 0.6) is 0 Å². The number of nitrogens with two attached hydrogens (primary N) is 1. The molecule has 2 N–H and O–H groups in total. The van der Waals surface area contributed by atoms with Crippen LogP contribution in [0.3, 0.4) is 0 Å². The predicted octanol–water partition coefficient (Wildman–Crippen LogP) is 2.00. The number of hydrogen-bond donors (Lipinski definition) is 1. The van der Waals surface area contributed by atoms with E-state index in [1.54, 1.807) is 18.6 Å². The van der Waals surface area contributed by atoms with Gasteiger partial charge < -0.3 is 14.6 Å². The minimum absolute atomic E-state index is 0.0360. The number of Topliss-reactive ketones (excluding diaryl/α,β-unsaturated/α-hetero) is 1. The van der Waals surface area contributed by atoms with Crippen molar-refractivity contribution < 1.29 is 13.6 Å². The Morgan fingerprint density at radius 3 is 2.94 bits per heavy atom. The van der Waals surface area contributed by atoms with Gasteiger partial charge in [0, 0.05) is 18.9 Å². The van der Waals surface area contributed by atoms with Gasteiger partial charge in [0.2, 0.25) is 0 Å². The van der Waals surface area contributed by atoms with Crippen molar-refractivity contribution in [3.63, 3.8) is 0 Å². The van der Waals surface area contributed by atoms with Gasteiger partial charge in [-0.3, -0.25) is 4.79 Å². The van der Waals surface area contributed by atoms with E-state index < -0.39 is 0 Å². The second kappa shape index (κ2) is 3.35. The molecule has 4 nitrogen and oxygen atoms in total. The third kappa shape index (κ3) is 1.31. The zero-order valence-electron chi connectivity index (χ0n) is 8.60. The van der Waals surface area contributed by atoms with Crippen LogP contribution in [0.1, 0.15) is 22.5 Å². The molecule has 0 amide bonds. The van der Waals surface area contributed by atoms with Gasteiger partial charge in [0.05, 0.1) is 17.4 Å². The zero-order chi connectivity index (χ0) is 11.1. The average molecular weight is 217 g/mol. The summed E-state index contributed by atoms with van der Waals surface area (Å²) in [6, 6.07) is 3.47. The monoisotopic (exact) mass is 217 g/mol. The fraction of sp³-hybridized carbons (Fsp3) is 0.250. The second-order valence-corrected chi connectivity index (χ2v) is 4.02. The van der Waals surface area contributed by atoms with Crippen LogP contribution in [-0.2, 0) is 6.42 Å². The van der Waals surface area contributed by atoms with Crippen molar-refractivity contribution in [3.8, 4) is 11.3 Å². The number of fused-ring (bicyclic) bond motifs is 1. The Labute approximate surface area is 92.0 Å². The van der Waals surface area contributed by atoms with Crippen molar-refractivity contribution in [1.29, 1.82) is 0 Å². The highest BCUT2D eigenvalue weighted by atomic mass is 16.3. The Hall–Kier alpha value is -1.81. The van der Waals surface area contributed by atoms with E-state index in [9.17, 15) is 4.79 Å². The molecule has 0 saturated heterocycles. The molecule has 0 fully saturated rings. The topological polar surface area (TPSA) is 69.4 Å². The van der Waals surface area contributed by atoms with Crippen molar-refractivity contribution in [1.82, 2.24) is 0 Å². The summed E-state index contributed by atoms with van der Waals surface area (Å²) in [6.45, 7) is 0. The third-order valence-electron chi connectivity index (χ3n) is 2.83. The fourth-order valence-electron chi connectivity index (χ4n) is 2.12. The minimum Gasteiger partial charge on any atom is -0.468 e. The lowest BCUT2D eigenvalue weighted by Gasteiger charge is -2.16. The van der Waals surface area contributed by atoms with Gasteiger partial charge in [-0.2, -0.15) is 0 Å². The van der Waals surface area contributed by atoms with Crippen LogP contribution < -0.4 is 5.73 Å². The lowest BCUT2D eigenvalue weighted by Crippen LogP contribution is -2.31. The van der Waals surface area contributed by atoms with Crippen LogP contribution in [0.2, 0.25) is 0 Å². The Morgan fingerprint density at radius 2 is 2.19 bits per heavy atom. The molecule has 0 radical (unpaired) electrons. The maximum Gasteiger partial charge on any atom is 0.168 e. The van der Waals surface area contributed by atoms with Crippen LogP contribution in [0.25, 0.3) is 11.3 Å². The third-order valence-corrected chi connectivity index (χ3v) is 2.83. The van der Waals surface area contributed by atoms with Crippen molar-refractivity contribution in [3.05, 3.63) is 36.0 Å². The van der Waals surface area contributed by atoms with Gasteiger partial charge in [-0.15, -0.1) is 0 Å². The highest BCUT2D eigenvalue weighted by Gasteiger charge is 2.29. The van der Waals surface area contributed by atoms with Gasteiger partial charge in [-0.1, -0.05) is 0 Å². The van der Waals surface area contributed by atoms with E-state index in [1.807, 2.05) is 6.07 Å². The molecule has 2 heterocycles. The zero-order valence-corrected chi connectivity index (χ0v) is 8.60. The summed E-state index contributed by atoms with van der Waals surface area (Å²) in [5, 5.41) is 0. The average Bonchev–Trinajstić information content (AvgIpc) is 2.82. The number of carbonyl (C=O) groups is 1. The SMILES string of the molecule is NC1CC(=O)c2c(-c3ccco3)coc2C1. The first-order valence-corrected chi connectivity index (χ1v) is 5.18. The van der Waals surface area contributed by atoms with Crippen molar-refractivity contribution in [2.24, 2.45) is 5.73 Å². The van der Waals surface area contributed by atoms with Gasteiger partial charge in [0.1, 0.15) is 17.8 Å². The number of carbonyl (C=O) groups excluding carboxylic acids is 1. The van der Waals surface area contributed by atoms with E-state index in [2.05, 4.69) is 0 Å². The summed E-state index contributed by atoms with van der Waals surface area (Å²) < 4.78 is 10.7. The molecule has 2 aromatic heterocycles. The Bertz CT molecular complexity index is 524. The number of hydrogen-bond acceptors (Lipinski definition) is 4. The van der Waals surface area contributed by atoms with Crippen LogP contribution in [0, 0.1) is 0 Å². The first kappa shape index (κ1) is 9.42. The molecule has 82 valence electrons. The van der Waals surface area contributed by atoms with E-state index in [-0.39, 0.29) is 11.8 Å². The predicted molar refractivity (Wildman–Crippen MR) is 57.0 cm³/mol. The number of furan rings is 2. The molecule has 0 bridgehead atoms. The Kier molecular flexibility index (Phi) is 1.97. The van der Waals surface area contributed by atoms with E-state index >= 15 is 0 Å². The van der Waals surface area contributed by atoms with Gasteiger partial charge in [-0.05, 0) is 12.1 Å². The smallest absolute Gasteiger partial charge is 0.168 e. The maximum atomic E-state index is 11.9. The van der Waals surface area contributed by atoms with Crippen LogP contribution >= 0.6 is 0 Å². The van der Waals surface area contributed by atoms with Crippen molar-refractivity contribution in [2.45, 2.75) is 18.9 Å². The first-order valence-electron chi connectivity index (χ1n) is 5.18. The highest BCUT2D eigenvalue weighted by Crippen LogP contribution is 2.33. The van der Waals surface area contributed by atoms with Crippen molar-refractivity contribution >= 4 is 5.78 Å². The summed E-state index contributed by atoms with van der Waals surface area (Å²) in [4.78, 5) is 11.9. The van der Waals surface area contributed by atoms with E-state index in [0.29, 0.717) is 29.9 Å². The summed E-state index contributed by atoms with van der Waals surface area (Å²) in [5.41, 5.74) is 7.13. The molecule has 1 unspecified atom stereocenters. The molecule has 1 aliphatic rings. The second-order valence-electron chi connectivity index (χ2n) is 4.02. The number of rotatable bonds is 1. The van der Waals surface area contributed by atoms with Gasteiger partial charge in [0.25, 0.3) is 0 Å². The molecule has 3 rings (SSSR count). The van der Waals surface area contributed by atoms with Gasteiger partial charge in [-0.25, -0.2) is 0 Å². The molecule has 4 heteroatoms. The molecule has 0 saturated carbocycles. The van der Waals surface area contributed by atoms with Crippen LogP contribution in [0.15, 0.2) is 33.5 Å². The fourth-order valence-corrected chi connectivity index (χ4v) is 2.12. The number of ketones is 1. The molecule has 0 aromatic carbocycles. The minimum atomic E-state index is -0.129. The summed E-state index contributed by atoms with van der Waals surface area (Å²) in [7, 11) is 0. The standard InChI is InChI=1S/C12H11NO3/c13-7-4-9(14)12-8(6-16-11(12)5-7)10-2-1-3-15-10/h1-3,6-7H,4-5,13H2. The summed E-state index contributed by atoms with van der Waals surface area (Å²) in [5.74, 6) is 1.37. The molecular formula is C12H11NO3.